The Balaban J connectivity index is 2.58. The fraction of sp³-hybridized carbons (Fsp3) is 0.800. The van der Waals surface area contributed by atoms with Gasteiger partial charge in [-0.05, 0) is 18.3 Å². The smallest absolute Gasteiger partial charge is 0.320 e. The van der Waals surface area contributed by atoms with Crippen LogP contribution in [-0.4, -0.2) is 46.1 Å². The zero-order chi connectivity index (χ0) is 13.1. The number of carbonyl (C=O) groups is 2. The van der Waals surface area contributed by atoms with Crippen molar-refractivity contribution in [3.05, 3.63) is 0 Å². The second-order valence-corrected chi connectivity index (χ2v) is 6.43. The number of carbonyl (C=O) groups excluding carboxylic acids is 2. The number of hydrogen-bond donors (Lipinski definition) is 0. The van der Waals surface area contributed by atoms with Crippen molar-refractivity contribution < 1.29 is 27.5 Å². The van der Waals surface area contributed by atoms with Gasteiger partial charge in [-0.25, -0.2) is 8.42 Å². The molecule has 0 spiro atoms. The molecule has 0 aromatic heterocycles. The predicted molar refractivity (Wildman–Crippen MR) is 59.0 cm³/mol. The fourth-order valence-corrected chi connectivity index (χ4v) is 3.59. The summed E-state index contributed by atoms with van der Waals surface area (Å²) in [6.45, 7) is 0. The lowest BCUT2D eigenvalue weighted by atomic mass is 10.1. The van der Waals surface area contributed by atoms with Gasteiger partial charge in [-0.1, -0.05) is 0 Å². The largest absolute Gasteiger partial charge is 0.469 e. The average Bonchev–Trinajstić information content (AvgIpc) is 2.95. The summed E-state index contributed by atoms with van der Waals surface area (Å²) in [6, 6.07) is 0. The van der Waals surface area contributed by atoms with E-state index in [2.05, 4.69) is 9.47 Å². The Labute approximate surface area is 100 Å². The molecule has 1 aliphatic rings. The number of hydrogen-bond acceptors (Lipinski definition) is 6. The Hall–Kier alpha value is -1.11. The van der Waals surface area contributed by atoms with Crippen LogP contribution in [0.4, 0.5) is 0 Å². The molecule has 7 heteroatoms. The Morgan fingerprint density at radius 1 is 1.12 bits per heavy atom. The van der Waals surface area contributed by atoms with Crippen molar-refractivity contribution >= 4 is 21.8 Å². The third kappa shape index (κ3) is 4.33. The van der Waals surface area contributed by atoms with Crippen LogP contribution in [0.2, 0.25) is 0 Å². The van der Waals surface area contributed by atoms with E-state index in [1.54, 1.807) is 0 Å². The molecule has 0 heterocycles. The summed E-state index contributed by atoms with van der Waals surface area (Å²) < 4.78 is 32.2. The van der Waals surface area contributed by atoms with Gasteiger partial charge in [0.2, 0.25) is 0 Å². The van der Waals surface area contributed by atoms with Crippen LogP contribution in [0.25, 0.3) is 0 Å². The molecular weight excluding hydrogens is 248 g/mol. The topological polar surface area (TPSA) is 86.7 Å². The first-order chi connectivity index (χ1) is 7.82. The molecule has 1 rings (SSSR count). The maximum atomic E-state index is 11.7. The monoisotopic (exact) mass is 264 g/mol. The molecule has 0 bridgehead atoms. The minimum atomic E-state index is -3.52. The van der Waals surface area contributed by atoms with Gasteiger partial charge < -0.3 is 9.47 Å². The van der Waals surface area contributed by atoms with Crippen LogP contribution in [-0.2, 0) is 28.9 Å². The van der Waals surface area contributed by atoms with E-state index in [0.717, 1.165) is 7.11 Å². The summed E-state index contributed by atoms with van der Waals surface area (Å²) in [7, 11) is -1.12. The van der Waals surface area contributed by atoms with E-state index in [4.69, 9.17) is 0 Å². The summed E-state index contributed by atoms with van der Waals surface area (Å²) in [5, 5.41) is 0. The van der Waals surface area contributed by atoms with Crippen LogP contribution < -0.4 is 0 Å². The molecule has 0 radical (unpaired) electrons. The van der Waals surface area contributed by atoms with Crippen LogP contribution in [0.5, 0.6) is 0 Å². The molecule has 0 unspecified atom stereocenters. The fourth-order valence-electron chi connectivity index (χ4n) is 1.68. The first kappa shape index (κ1) is 14.0. The zero-order valence-electron chi connectivity index (χ0n) is 9.89. The Morgan fingerprint density at radius 3 is 2.06 bits per heavy atom. The van der Waals surface area contributed by atoms with Gasteiger partial charge in [-0.2, -0.15) is 0 Å². The van der Waals surface area contributed by atoms with Crippen LogP contribution in [0.15, 0.2) is 0 Å². The minimum absolute atomic E-state index is 0.0872. The molecule has 17 heavy (non-hydrogen) atoms. The lowest BCUT2D eigenvalue weighted by molar-refractivity contribution is -0.141. The number of methoxy groups -OCH3 is 2. The summed E-state index contributed by atoms with van der Waals surface area (Å²) >= 11 is 0. The molecule has 1 aliphatic carbocycles. The van der Waals surface area contributed by atoms with Crippen molar-refractivity contribution in [3.63, 3.8) is 0 Å². The number of rotatable bonds is 6. The quantitative estimate of drug-likeness (QED) is 0.623. The third-order valence-electron chi connectivity index (χ3n) is 2.80. The van der Waals surface area contributed by atoms with Gasteiger partial charge in [0, 0.05) is 0 Å². The third-order valence-corrected chi connectivity index (χ3v) is 4.52. The predicted octanol–water partition coefficient (Wildman–Crippen LogP) is -0.0825. The molecule has 0 aromatic carbocycles. The molecule has 0 aromatic rings. The molecule has 98 valence electrons. The van der Waals surface area contributed by atoms with E-state index in [1.807, 2.05) is 0 Å². The van der Waals surface area contributed by atoms with E-state index in [-0.39, 0.29) is 12.2 Å². The minimum Gasteiger partial charge on any atom is -0.469 e. The average molecular weight is 264 g/mol. The molecule has 0 aliphatic heterocycles. The van der Waals surface area contributed by atoms with E-state index in [0.29, 0.717) is 12.8 Å². The van der Waals surface area contributed by atoms with Gasteiger partial charge >= 0.3 is 11.9 Å². The lowest BCUT2D eigenvalue weighted by Gasteiger charge is -2.13. The van der Waals surface area contributed by atoms with Crippen molar-refractivity contribution in [2.45, 2.75) is 19.3 Å². The number of sulfone groups is 1. The van der Waals surface area contributed by atoms with Crippen LogP contribution in [0.1, 0.15) is 19.3 Å². The highest BCUT2D eigenvalue weighted by Crippen LogP contribution is 2.50. The van der Waals surface area contributed by atoms with Gasteiger partial charge in [0.25, 0.3) is 0 Å². The van der Waals surface area contributed by atoms with Gasteiger partial charge in [0.05, 0.1) is 26.4 Å². The SMILES string of the molecule is COC(=O)CC1(CS(=O)(=O)CC(=O)OC)CC1. The number of ether oxygens (including phenoxy) is 2. The van der Waals surface area contributed by atoms with E-state index >= 15 is 0 Å². The highest BCUT2D eigenvalue weighted by molar-refractivity contribution is 7.92. The summed E-state index contributed by atoms with van der Waals surface area (Å²) in [4.78, 5) is 22.0. The van der Waals surface area contributed by atoms with Crippen LogP contribution >= 0.6 is 0 Å². The van der Waals surface area contributed by atoms with Crippen molar-refractivity contribution in [1.29, 1.82) is 0 Å². The highest BCUT2D eigenvalue weighted by Gasteiger charge is 2.48. The molecule has 6 nitrogen and oxygen atoms in total. The van der Waals surface area contributed by atoms with E-state index in [1.165, 1.54) is 7.11 Å². The normalized spacial score (nSPS) is 17.3. The van der Waals surface area contributed by atoms with Gasteiger partial charge in [0.15, 0.2) is 9.84 Å². The molecule has 0 amide bonds. The van der Waals surface area contributed by atoms with Crippen LogP contribution in [0, 0.1) is 5.41 Å². The maximum absolute atomic E-state index is 11.7. The zero-order valence-corrected chi connectivity index (χ0v) is 10.7. The second kappa shape index (κ2) is 5.03. The lowest BCUT2D eigenvalue weighted by Crippen LogP contribution is -2.26. The van der Waals surface area contributed by atoms with Crippen molar-refractivity contribution in [2.75, 3.05) is 25.7 Å². The van der Waals surface area contributed by atoms with Gasteiger partial charge in [0.1, 0.15) is 5.75 Å². The van der Waals surface area contributed by atoms with Crippen molar-refractivity contribution in [3.8, 4) is 0 Å². The van der Waals surface area contributed by atoms with Crippen LogP contribution in [0.3, 0.4) is 0 Å². The Bertz CT molecular complexity index is 407. The summed E-state index contributed by atoms with van der Waals surface area (Å²) in [5.74, 6) is -1.99. The summed E-state index contributed by atoms with van der Waals surface area (Å²) in [6.07, 6.45) is 1.43. The van der Waals surface area contributed by atoms with E-state index < -0.39 is 32.9 Å². The van der Waals surface area contributed by atoms with E-state index in [9.17, 15) is 18.0 Å². The Morgan fingerprint density at radius 2 is 1.65 bits per heavy atom. The first-order valence-electron chi connectivity index (χ1n) is 5.16. The van der Waals surface area contributed by atoms with Gasteiger partial charge in [-0.3, -0.25) is 9.59 Å². The molecule has 0 N–H and O–H groups in total. The highest BCUT2D eigenvalue weighted by atomic mass is 32.2. The molecule has 1 fully saturated rings. The Kier molecular flexibility index (Phi) is 4.13. The number of esters is 2. The first-order valence-corrected chi connectivity index (χ1v) is 6.99. The standard InChI is InChI=1S/C10H16O6S/c1-15-8(11)5-10(3-4-10)7-17(13,14)6-9(12)16-2/h3-7H2,1-2H3. The molecule has 1 saturated carbocycles. The van der Waals surface area contributed by atoms with Gasteiger partial charge in [-0.15, -0.1) is 0 Å². The maximum Gasteiger partial charge on any atom is 0.320 e. The van der Waals surface area contributed by atoms with Crippen molar-refractivity contribution in [1.82, 2.24) is 0 Å². The molecular formula is C10H16O6S. The molecule has 0 saturated heterocycles. The molecule has 0 atom stereocenters. The second-order valence-electron chi connectivity index (χ2n) is 4.36. The van der Waals surface area contributed by atoms with Crippen molar-refractivity contribution in [2.24, 2.45) is 5.41 Å². The summed E-state index contributed by atoms with van der Waals surface area (Å²) in [5.41, 5.74) is -0.528.